The predicted molar refractivity (Wildman–Crippen MR) is 178 cm³/mol. The Morgan fingerprint density at radius 2 is 1.61 bits per heavy atom. The zero-order valence-electron chi connectivity index (χ0n) is 28.0. The van der Waals surface area contributed by atoms with Crippen molar-refractivity contribution in [2.24, 2.45) is 5.92 Å². The second-order valence-electron chi connectivity index (χ2n) is 14.1. The first-order chi connectivity index (χ1) is 22.1. The molecule has 1 aliphatic carbocycles. The van der Waals surface area contributed by atoms with Gasteiger partial charge in [-0.3, -0.25) is 14.5 Å². The summed E-state index contributed by atoms with van der Waals surface area (Å²) in [5.41, 5.74) is 3.17. The molecule has 46 heavy (non-hydrogen) atoms. The van der Waals surface area contributed by atoms with Gasteiger partial charge in [0.2, 0.25) is 21.8 Å². The van der Waals surface area contributed by atoms with E-state index in [-0.39, 0.29) is 17.9 Å². The van der Waals surface area contributed by atoms with Crippen molar-refractivity contribution in [3.05, 3.63) is 41.2 Å². The summed E-state index contributed by atoms with van der Waals surface area (Å²) in [4.78, 5) is 32.4. The minimum atomic E-state index is -3.46. The summed E-state index contributed by atoms with van der Waals surface area (Å²) >= 11 is 0. The van der Waals surface area contributed by atoms with E-state index in [1.807, 2.05) is 28.6 Å². The molecule has 0 radical (unpaired) electrons. The number of piperazine rings is 1. The van der Waals surface area contributed by atoms with Gasteiger partial charge in [-0.15, -0.1) is 0 Å². The molecule has 2 amide bonds. The van der Waals surface area contributed by atoms with Crippen LogP contribution < -0.4 is 5.32 Å². The van der Waals surface area contributed by atoms with Gasteiger partial charge >= 0.3 is 0 Å². The van der Waals surface area contributed by atoms with E-state index in [1.54, 1.807) is 16.4 Å². The van der Waals surface area contributed by atoms with Crippen LogP contribution in [0.5, 0.6) is 0 Å². The Morgan fingerprint density at radius 1 is 0.935 bits per heavy atom. The number of nitrogens with zero attached hydrogens (tertiary/aromatic N) is 5. The van der Waals surface area contributed by atoms with Crippen molar-refractivity contribution in [2.45, 2.75) is 121 Å². The molecular weight excluding hydrogens is 600 g/mol. The van der Waals surface area contributed by atoms with E-state index in [2.05, 4.69) is 24.1 Å². The van der Waals surface area contributed by atoms with E-state index in [9.17, 15) is 18.0 Å². The Morgan fingerprint density at radius 3 is 2.26 bits per heavy atom. The zero-order valence-corrected chi connectivity index (χ0v) is 28.8. The third-order valence-electron chi connectivity index (χ3n) is 11.1. The number of carbonyl (C=O) groups is 2. The predicted octanol–water partition coefficient (Wildman–Crippen LogP) is 4.71. The second-order valence-corrected chi connectivity index (χ2v) is 16.0. The highest BCUT2D eigenvalue weighted by Gasteiger charge is 2.53. The number of amides is 2. The van der Waals surface area contributed by atoms with E-state index >= 15 is 0 Å². The maximum absolute atomic E-state index is 13.9. The minimum absolute atomic E-state index is 0.0408. The average molecular weight is 653 g/mol. The molecule has 1 saturated carbocycles. The molecule has 252 valence electrons. The molecule has 4 aliphatic rings. The molecule has 1 aromatic carbocycles. The standard InChI is InChI=1S/C35H52N6O4S/c1-4-5-21-40-33(42)32(24-28-11-7-6-8-12-28)36-34(43)35(40)17-22-38(23-18-35)25-31-26(2)37-41(27(31)3)29-13-15-30(16-14-29)46(44,45)39-19-9-10-20-39/h13-16,28,32H,4-12,17-25H2,1-3H3,(H,36,43)/t32-/m0/s1. The zero-order chi connectivity index (χ0) is 32.5. The summed E-state index contributed by atoms with van der Waals surface area (Å²) in [7, 11) is -3.46. The van der Waals surface area contributed by atoms with Crippen LogP contribution in [0.4, 0.5) is 0 Å². The monoisotopic (exact) mass is 652 g/mol. The van der Waals surface area contributed by atoms with Gasteiger partial charge in [-0.2, -0.15) is 9.40 Å². The van der Waals surface area contributed by atoms with Crippen LogP contribution in [0.15, 0.2) is 29.2 Å². The summed E-state index contributed by atoms with van der Waals surface area (Å²) in [6.07, 6.45) is 11.8. The van der Waals surface area contributed by atoms with Gasteiger partial charge in [0.25, 0.3) is 0 Å². The molecule has 2 aromatic rings. The molecule has 1 spiro atoms. The van der Waals surface area contributed by atoms with Crippen molar-refractivity contribution in [2.75, 3.05) is 32.7 Å². The number of hydrogen-bond donors (Lipinski definition) is 1. The number of aryl methyl sites for hydroxylation is 1. The summed E-state index contributed by atoms with van der Waals surface area (Å²) < 4.78 is 29.5. The van der Waals surface area contributed by atoms with E-state index < -0.39 is 15.6 Å². The van der Waals surface area contributed by atoms with Gasteiger partial charge in [0.15, 0.2) is 0 Å². The largest absolute Gasteiger partial charge is 0.342 e. The molecule has 4 heterocycles. The van der Waals surface area contributed by atoms with E-state index in [1.165, 1.54) is 19.3 Å². The molecule has 0 bridgehead atoms. The Kier molecular flexibility index (Phi) is 9.92. The number of hydrogen-bond acceptors (Lipinski definition) is 6. The van der Waals surface area contributed by atoms with E-state index in [4.69, 9.17) is 5.10 Å². The Hall–Kier alpha value is -2.76. The number of sulfonamides is 1. The second kappa shape index (κ2) is 13.8. The summed E-state index contributed by atoms with van der Waals surface area (Å²) in [5.74, 6) is 0.693. The maximum atomic E-state index is 13.9. The third kappa shape index (κ3) is 6.39. The molecular formula is C35H52N6O4S. The minimum Gasteiger partial charge on any atom is -0.342 e. The Bertz CT molecular complexity index is 1500. The summed E-state index contributed by atoms with van der Waals surface area (Å²) in [6, 6.07) is 6.65. The molecule has 10 nitrogen and oxygen atoms in total. The van der Waals surface area contributed by atoms with Crippen molar-refractivity contribution in [1.82, 2.24) is 29.2 Å². The molecule has 6 rings (SSSR count). The highest BCUT2D eigenvalue weighted by atomic mass is 32.2. The molecule has 11 heteroatoms. The Labute approximate surface area is 274 Å². The Balaban J connectivity index is 1.13. The maximum Gasteiger partial charge on any atom is 0.246 e. The van der Waals surface area contributed by atoms with Crippen molar-refractivity contribution >= 4 is 21.8 Å². The number of rotatable bonds is 10. The van der Waals surface area contributed by atoms with Crippen molar-refractivity contribution < 1.29 is 18.0 Å². The fourth-order valence-electron chi connectivity index (χ4n) is 8.23. The SMILES string of the molecule is CCCCN1C(=O)[C@H](CC2CCCCC2)NC(=O)C12CCN(Cc1c(C)nn(-c3ccc(S(=O)(=O)N4CCCC4)cc3)c1C)CC2. The number of unbranched alkanes of at least 4 members (excludes halogenated alkanes) is 1. The number of carbonyl (C=O) groups excluding carboxylic acids is 2. The topological polar surface area (TPSA) is 108 Å². The first-order valence-corrected chi connectivity index (χ1v) is 19.1. The summed E-state index contributed by atoms with van der Waals surface area (Å²) in [6.45, 7) is 10.2. The number of piperidine rings is 1. The van der Waals surface area contributed by atoms with Crippen LogP contribution in [0.3, 0.4) is 0 Å². The van der Waals surface area contributed by atoms with Crippen molar-refractivity contribution in [1.29, 1.82) is 0 Å². The van der Waals surface area contributed by atoms with Gasteiger partial charge in [0.1, 0.15) is 11.6 Å². The molecule has 3 aliphatic heterocycles. The van der Waals surface area contributed by atoms with Gasteiger partial charge in [-0.1, -0.05) is 45.4 Å². The van der Waals surface area contributed by atoms with Crippen LogP contribution in [0.1, 0.15) is 101 Å². The smallest absolute Gasteiger partial charge is 0.246 e. The lowest BCUT2D eigenvalue weighted by molar-refractivity contribution is -0.162. The number of likely N-dealkylation sites (tertiary alicyclic amines) is 1. The molecule has 0 unspecified atom stereocenters. The lowest BCUT2D eigenvalue weighted by Crippen LogP contribution is -2.73. The van der Waals surface area contributed by atoms with Gasteiger partial charge in [-0.05, 0) is 82.6 Å². The third-order valence-corrected chi connectivity index (χ3v) is 13.0. The van der Waals surface area contributed by atoms with Crippen LogP contribution in [0, 0.1) is 19.8 Å². The normalized spacial score (nSPS) is 23.4. The summed E-state index contributed by atoms with van der Waals surface area (Å²) in [5, 5.41) is 8.05. The van der Waals surface area contributed by atoms with E-state index in [0.717, 1.165) is 80.7 Å². The van der Waals surface area contributed by atoms with Crippen LogP contribution >= 0.6 is 0 Å². The molecule has 1 aromatic heterocycles. The van der Waals surface area contributed by atoms with Crippen molar-refractivity contribution in [3.8, 4) is 5.69 Å². The first kappa shape index (κ1) is 33.2. The fourth-order valence-corrected chi connectivity index (χ4v) is 9.74. The highest BCUT2D eigenvalue weighted by molar-refractivity contribution is 7.89. The van der Waals surface area contributed by atoms with Gasteiger partial charge in [-0.25, -0.2) is 13.1 Å². The number of aromatic nitrogens is 2. The number of nitrogens with one attached hydrogen (secondary N) is 1. The van der Waals surface area contributed by atoms with Gasteiger partial charge in [0, 0.05) is 50.5 Å². The van der Waals surface area contributed by atoms with Crippen molar-refractivity contribution in [3.63, 3.8) is 0 Å². The quantitative estimate of drug-likeness (QED) is 0.399. The molecule has 3 saturated heterocycles. The highest BCUT2D eigenvalue weighted by Crippen LogP contribution is 2.37. The lowest BCUT2D eigenvalue weighted by atomic mass is 9.79. The van der Waals surface area contributed by atoms with Gasteiger partial charge < -0.3 is 10.2 Å². The fraction of sp³-hybridized carbons (Fsp3) is 0.686. The van der Waals surface area contributed by atoms with E-state index in [0.29, 0.717) is 49.8 Å². The van der Waals surface area contributed by atoms with Crippen LogP contribution in [-0.2, 0) is 26.2 Å². The van der Waals surface area contributed by atoms with Gasteiger partial charge in [0.05, 0.1) is 16.3 Å². The first-order valence-electron chi connectivity index (χ1n) is 17.6. The lowest BCUT2D eigenvalue weighted by Gasteiger charge is -2.52. The van der Waals surface area contributed by atoms with Crippen LogP contribution in [0.2, 0.25) is 0 Å². The van der Waals surface area contributed by atoms with Crippen LogP contribution in [0.25, 0.3) is 5.69 Å². The molecule has 4 fully saturated rings. The molecule has 1 atom stereocenters. The van der Waals surface area contributed by atoms with Crippen LogP contribution in [-0.4, -0.2) is 88.4 Å². The molecule has 1 N–H and O–H groups in total. The number of benzene rings is 1. The average Bonchev–Trinajstić information content (AvgIpc) is 3.71.